The van der Waals surface area contributed by atoms with Crippen LogP contribution < -0.4 is 9.64 Å². The Balaban J connectivity index is 1.72. The van der Waals surface area contributed by atoms with Gasteiger partial charge in [-0.25, -0.2) is 4.90 Å². The molecule has 2 aromatic rings. The third-order valence-corrected chi connectivity index (χ3v) is 5.57. The van der Waals surface area contributed by atoms with Crippen molar-refractivity contribution in [3.05, 3.63) is 65.9 Å². The van der Waals surface area contributed by atoms with E-state index in [2.05, 4.69) is 16.6 Å². The molecule has 9 heteroatoms. The number of halogens is 3. The molecule has 0 aromatic heterocycles. The Kier molecular flexibility index (Phi) is 5.92. The van der Waals surface area contributed by atoms with Gasteiger partial charge in [-0.1, -0.05) is 43.3 Å². The molecule has 0 aliphatic carbocycles. The highest BCUT2D eigenvalue weighted by molar-refractivity contribution is 6.45. The van der Waals surface area contributed by atoms with Crippen molar-refractivity contribution in [1.82, 2.24) is 9.80 Å². The average Bonchev–Trinajstić information content (AvgIpc) is 3.03. The first-order valence-electron chi connectivity index (χ1n) is 10.3. The smallest absolute Gasteiger partial charge is 0.406 e. The molecule has 0 bridgehead atoms. The molecule has 0 radical (unpaired) electrons. The fourth-order valence-corrected chi connectivity index (χ4v) is 4.02. The Bertz CT molecular complexity index is 1050. The van der Waals surface area contributed by atoms with Crippen LogP contribution >= 0.6 is 0 Å². The third kappa shape index (κ3) is 4.34. The maximum Gasteiger partial charge on any atom is 0.573 e. The van der Waals surface area contributed by atoms with E-state index in [9.17, 15) is 22.8 Å². The second-order valence-corrected chi connectivity index (χ2v) is 7.50. The molecule has 2 amide bonds. The molecule has 2 aliphatic rings. The minimum atomic E-state index is -4.88. The molecule has 32 heavy (non-hydrogen) atoms. The minimum absolute atomic E-state index is 0.0253. The zero-order valence-corrected chi connectivity index (χ0v) is 17.4. The number of likely N-dealkylation sites (N-methyl/N-ethyl adjacent to an activating group) is 1. The molecule has 0 N–H and O–H groups in total. The van der Waals surface area contributed by atoms with Crippen molar-refractivity contribution in [3.8, 4) is 5.75 Å². The fourth-order valence-electron chi connectivity index (χ4n) is 4.02. The molecule has 0 spiro atoms. The standard InChI is InChI=1S/C23H22F3N3O3/c1-2-27-11-13-28(14-12-27)20-19(16-7-4-3-5-8-16)21(30)29(22(20)31)17-9-6-10-18(15-17)32-23(24,25)26/h3-10,15H,2,11-14H2,1H3. The number of nitrogens with zero attached hydrogens (tertiary/aromatic N) is 3. The van der Waals surface area contributed by atoms with Crippen molar-refractivity contribution >= 4 is 23.1 Å². The van der Waals surface area contributed by atoms with Crippen molar-refractivity contribution < 1.29 is 27.5 Å². The number of carbonyl (C=O) groups excluding carboxylic acids is 2. The number of hydrogen-bond acceptors (Lipinski definition) is 5. The van der Waals surface area contributed by atoms with Crippen molar-refractivity contribution in [3.63, 3.8) is 0 Å². The number of ether oxygens (including phenoxy) is 1. The Labute approximate surface area is 183 Å². The Hall–Kier alpha value is -3.33. The van der Waals surface area contributed by atoms with Gasteiger partial charge in [-0.15, -0.1) is 13.2 Å². The summed E-state index contributed by atoms with van der Waals surface area (Å²) < 4.78 is 42.0. The molecule has 2 aromatic carbocycles. The minimum Gasteiger partial charge on any atom is -0.406 e. The van der Waals surface area contributed by atoms with Crippen LogP contribution in [-0.2, 0) is 9.59 Å². The summed E-state index contributed by atoms with van der Waals surface area (Å²) in [6.07, 6.45) is -4.88. The van der Waals surface area contributed by atoms with E-state index in [1.807, 2.05) is 4.90 Å². The quantitative estimate of drug-likeness (QED) is 0.660. The van der Waals surface area contributed by atoms with Gasteiger partial charge in [0.1, 0.15) is 11.4 Å². The van der Waals surface area contributed by atoms with Crippen LogP contribution in [0.25, 0.3) is 5.57 Å². The molecule has 2 aliphatic heterocycles. The maximum atomic E-state index is 13.5. The highest BCUT2D eigenvalue weighted by Gasteiger charge is 2.43. The van der Waals surface area contributed by atoms with E-state index >= 15 is 0 Å². The first-order chi connectivity index (χ1) is 15.3. The van der Waals surface area contributed by atoms with Gasteiger partial charge < -0.3 is 14.5 Å². The number of hydrogen-bond donors (Lipinski definition) is 0. The summed E-state index contributed by atoms with van der Waals surface area (Å²) in [7, 11) is 0. The number of alkyl halides is 3. The average molecular weight is 445 g/mol. The summed E-state index contributed by atoms with van der Waals surface area (Å²) in [5, 5.41) is 0. The van der Waals surface area contributed by atoms with E-state index in [0.717, 1.165) is 36.7 Å². The molecule has 1 saturated heterocycles. The van der Waals surface area contributed by atoms with Gasteiger partial charge in [-0.2, -0.15) is 0 Å². The van der Waals surface area contributed by atoms with Crippen LogP contribution in [0.2, 0.25) is 0 Å². The van der Waals surface area contributed by atoms with Crippen LogP contribution in [-0.4, -0.2) is 60.7 Å². The topological polar surface area (TPSA) is 53.1 Å². The summed E-state index contributed by atoms with van der Waals surface area (Å²) >= 11 is 0. The van der Waals surface area contributed by atoms with Crippen LogP contribution in [0.3, 0.4) is 0 Å². The zero-order chi connectivity index (χ0) is 22.9. The first-order valence-corrected chi connectivity index (χ1v) is 10.3. The predicted octanol–water partition coefficient (Wildman–Crippen LogP) is 3.51. The van der Waals surface area contributed by atoms with Gasteiger partial charge >= 0.3 is 6.36 Å². The fraction of sp³-hybridized carbons (Fsp3) is 0.304. The van der Waals surface area contributed by atoms with E-state index in [4.69, 9.17) is 0 Å². The van der Waals surface area contributed by atoms with Gasteiger partial charge in [0, 0.05) is 32.2 Å². The van der Waals surface area contributed by atoms with E-state index in [1.54, 1.807) is 30.3 Å². The number of piperazine rings is 1. The molecule has 1 fully saturated rings. The van der Waals surface area contributed by atoms with Crippen molar-refractivity contribution in [1.29, 1.82) is 0 Å². The molecule has 0 unspecified atom stereocenters. The van der Waals surface area contributed by atoms with Gasteiger partial charge in [-0.3, -0.25) is 9.59 Å². The zero-order valence-electron chi connectivity index (χ0n) is 17.4. The van der Waals surface area contributed by atoms with Crippen molar-refractivity contribution in [2.45, 2.75) is 13.3 Å². The first kappa shape index (κ1) is 21.9. The highest BCUT2D eigenvalue weighted by Crippen LogP contribution is 2.36. The molecule has 4 rings (SSSR count). The predicted molar refractivity (Wildman–Crippen MR) is 113 cm³/mol. The van der Waals surface area contributed by atoms with E-state index in [1.165, 1.54) is 12.1 Å². The highest BCUT2D eigenvalue weighted by atomic mass is 19.4. The van der Waals surface area contributed by atoms with Crippen LogP contribution in [0.1, 0.15) is 12.5 Å². The number of amides is 2. The normalized spacial score (nSPS) is 18.0. The van der Waals surface area contributed by atoms with E-state index < -0.39 is 23.9 Å². The van der Waals surface area contributed by atoms with Crippen molar-refractivity contribution in [2.24, 2.45) is 0 Å². The molecule has 2 heterocycles. The number of rotatable bonds is 5. The Morgan fingerprint density at radius 3 is 2.22 bits per heavy atom. The second-order valence-electron chi connectivity index (χ2n) is 7.50. The molecule has 0 saturated carbocycles. The number of anilines is 1. The number of imide groups is 1. The molecular formula is C23H22F3N3O3. The van der Waals surface area contributed by atoms with Gasteiger partial charge in [0.15, 0.2) is 0 Å². The lowest BCUT2D eigenvalue weighted by atomic mass is 10.0. The summed E-state index contributed by atoms with van der Waals surface area (Å²) in [6.45, 7) is 5.60. The maximum absolute atomic E-state index is 13.5. The lowest BCUT2D eigenvalue weighted by Gasteiger charge is -2.36. The number of carbonyl (C=O) groups is 2. The monoisotopic (exact) mass is 445 g/mol. The van der Waals surface area contributed by atoms with Gasteiger partial charge in [0.05, 0.1) is 11.3 Å². The SMILES string of the molecule is CCN1CCN(C2=C(c3ccccc3)C(=O)N(c3cccc(OC(F)(F)F)c3)C2=O)CC1. The summed E-state index contributed by atoms with van der Waals surface area (Å²) in [5.74, 6) is -1.62. The van der Waals surface area contributed by atoms with Crippen LogP contribution in [0.4, 0.5) is 18.9 Å². The van der Waals surface area contributed by atoms with Crippen LogP contribution in [0.15, 0.2) is 60.3 Å². The van der Waals surface area contributed by atoms with Gasteiger partial charge in [0.25, 0.3) is 11.8 Å². The summed E-state index contributed by atoms with van der Waals surface area (Å²) in [5.41, 5.74) is 1.14. The summed E-state index contributed by atoms with van der Waals surface area (Å²) in [6, 6.07) is 13.7. The molecule has 168 valence electrons. The Morgan fingerprint density at radius 2 is 1.59 bits per heavy atom. The van der Waals surface area contributed by atoms with Crippen LogP contribution in [0.5, 0.6) is 5.75 Å². The van der Waals surface area contributed by atoms with Gasteiger partial charge in [0.2, 0.25) is 0 Å². The second kappa shape index (κ2) is 8.66. The molecule has 6 nitrogen and oxygen atoms in total. The Morgan fingerprint density at radius 1 is 0.906 bits per heavy atom. The number of benzene rings is 2. The molecule has 0 atom stereocenters. The lowest BCUT2D eigenvalue weighted by molar-refractivity contribution is -0.274. The van der Waals surface area contributed by atoms with Gasteiger partial charge in [-0.05, 0) is 24.2 Å². The third-order valence-electron chi connectivity index (χ3n) is 5.57. The van der Waals surface area contributed by atoms with E-state index in [-0.39, 0.29) is 17.0 Å². The van der Waals surface area contributed by atoms with Crippen molar-refractivity contribution in [2.75, 3.05) is 37.6 Å². The van der Waals surface area contributed by atoms with Crippen LogP contribution in [0, 0.1) is 0 Å². The molecular weight excluding hydrogens is 423 g/mol. The lowest BCUT2D eigenvalue weighted by Crippen LogP contribution is -2.47. The summed E-state index contributed by atoms with van der Waals surface area (Å²) in [4.78, 5) is 32.0. The van der Waals surface area contributed by atoms with E-state index in [0.29, 0.717) is 18.7 Å². The largest absolute Gasteiger partial charge is 0.573 e.